The van der Waals surface area contributed by atoms with Crippen LogP contribution < -0.4 is 15.4 Å². The van der Waals surface area contributed by atoms with E-state index < -0.39 is 0 Å². The SMILES string of the molecule is COc1cccc(C(=O)NCCC(=O)NCC2COCCO2)c1. The summed E-state index contributed by atoms with van der Waals surface area (Å²) in [6.07, 6.45) is 0.114. The van der Waals surface area contributed by atoms with Crippen molar-refractivity contribution in [3.8, 4) is 5.75 Å². The van der Waals surface area contributed by atoms with Crippen molar-refractivity contribution in [2.75, 3.05) is 40.0 Å². The minimum absolute atomic E-state index is 0.0981. The van der Waals surface area contributed by atoms with Gasteiger partial charge in [0.2, 0.25) is 5.91 Å². The fraction of sp³-hybridized carbons (Fsp3) is 0.500. The Kier molecular flexibility index (Phi) is 6.83. The van der Waals surface area contributed by atoms with Crippen molar-refractivity contribution in [2.45, 2.75) is 12.5 Å². The summed E-state index contributed by atoms with van der Waals surface area (Å²) < 4.78 is 15.8. The highest BCUT2D eigenvalue weighted by atomic mass is 16.6. The van der Waals surface area contributed by atoms with E-state index in [2.05, 4.69) is 10.6 Å². The van der Waals surface area contributed by atoms with Crippen LogP contribution in [0, 0.1) is 0 Å². The van der Waals surface area contributed by atoms with Crippen LogP contribution in [-0.2, 0) is 14.3 Å². The van der Waals surface area contributed by atoms with Gasteiger partial charge in [-0.3, -0.25) is 9.59 Å². The van der Waals surface area contributed by atoms with E-state index in [1.54, 1.807) is 31.4 Å². The van der Waals surface area contributed by atoms with Gasteiger partial charge in [-0.2, -0.15) is 0 Å². The summed E-state index contributed by atoms with van der Waals surface area (Å²) in [6, 6.07) is 6.85. The van der Waals surface area contributed by atoms with Gasteiger partial charge in [0.05, 0.1) is 33.0 Å². The van der Waals surface area contributed by atoms with Crippen LogP contribution in [0.2, 0.25) is 0 Å². The zero-order valence-corrected chi connectivity index (χ0v) is 13.2. The molecule has 2 amide bonds. The zero-order chi connectivity index (χ0) is 16.5. The number of nitrogens with one attached hydrogen (secondary N) is 2. The quantitative estimate of drug-likeness (QED) is 0.756. The standard InChI is InChI=1S/C16H22N2O5/c1-21-13-4-2-3-12(9-13)16(20)17-6-5-15(19)18-10-14-11-22-7-8-23-14/h2-4,9,14H,5-8,10-11H2,1H3,(H,17,20)(H,18,19). The van der Waals surface area contributed by atoms with Gasteiger partial charge in [0.25, 0.3) is 5.91 Å². The molecule has 1 unspecified atom stereocenters. The molecule has 7 nitrogen and oxygen atoms in total. The molecule has 1 saturated heterocycles. The van der Waals surface area contributed by atoms with Gasteiger partial charge in [-0.25, -0.2) is 0 Å². The highest BCUT2D eigenvalue weighted by Gasteiger charge is 2.15. The lowest BCUT2D eigenvalue weighted by Gasteiger charge is -2.23. The lowest BCUT2D eigenvalue weighted by molar-refractivity contribution is -0.123. The Morgan fingerprint density at radius 3 is 2.91 bits per heavy atom. The van der Waals surface area contributed by atoms with Crippen molar-refractivity contribution in [2.24, 2.45) is 0 Å². The van der Waals surface area contributed by atoms with E-state index in [9.17, 15) is 9.59 Å². The number of hydrogen-bond acceptors (Lipinski definition) is 5. The molecule has 23 heavy (non-hydrogen) atoms. The molecular formula is C16H22N2O5. The number of benzene rings is 1. The second-order valence-corrected chi connectivity index (χ2v) is 5.11. The van der Waals surface area contributed by atoms with Crippen molar-refractivity contribution in [3.05, 3.63) is 29.8 Å². The number of hydrogen-bond donors (Lipinski definition) is 2. The van der Waals surface area contributed by atoms with Crippen LogP contribution in [0.1, 0.15) is 16.8 Å². The molecule has 0 radical (unpaired) electrons. The Labute approximate surface area is 135 Å². The molecule has 0 aromatic heterocycles. The molecule has 1 fully saturated rings. The second kappa shape index (κ2) is 9.12. The van der Waals surface area contributed by atoms with Crippen LogP contribution >= 0.6 is 0 Å². The maximum Gasteiger partial charge on any atom is 0.251 e. The van der Waals surface area contributed by atoms with Gasteiger partial charge >= 0.3 is 0 Å². The van der Waals surface area contributed by atoms with E-state index in [1.807, 2.05) is 0 Å². The van der Waals surface area contributed by atoms with Gasteiger partial charge in [0.1, 0.15) is 5.75 Å². The predicted octanol–water partition coefficient (Wildman–Crippen LogP) is 0.347. The summed E-state index contributed by atoms with van der Waals surface area (Å²) in [5.74, 6) is 0.246. The van der Waals surface area contributed by atoms with Crippen molar-refractivity contribution in [3.63, 3.8) is 0 Å². The Morgan fingerprint density at radius 2 is 2.17 bits per heavy atom. The van der Waals surface area contributed by atoms with Crippen molar-refractivity contribution in [1.82, 2.24) is 10.6 Å². The lowest BCUT2D eigenvalue weighted by atomic mass is 10.2. The minimum Gasteiger partial charge on any atom is -0.497 e. The predicted molar refractivity (Wildman–Crippen MR) is 83.5 cm³/mol. The second-order valence-electron chi connectivity index (χ2n) is 5.11. The topological polar surface area (TPSA) is 85.9 Å². The average molecular weight is 322 g/mol. The van der Waals surface area contributed by atoms with E-state index in [0.29, 0.717) is 37.7 Å². The molecule has 7 heteroatoms. The lowest BCUT2D eigenvalue weighted by Crippen LogP contribution is -2.40. The number of rotatable bonds is 7. The molecule has 1 aromatic carbocycles. The van der Waals surface area contributed by atoms with Gasteiger partial charge in [-0.15, -0.1) is 0 Å². The highest BCUT2D eigenvalue weighted by molar-refractivity contribution is 5.94. The third-order valence-corrected chi connectivity index (χ3v) is 3.38. The first-order chi connectivity index (χ1) is 11.2. The highest BCUT2D eigenvalue weighted by Crippen LogP contribution is 2.12. The van der Waals surface area contributed by atoms with Gasteiger partial charge in [0.15, 0.2) is 0 Å². The molecule has 1 heterocycles. The van der Waals surface area contributed by atoms with Crippen LogP contribution in [0.4, 0.5) is 0 Å². The summed E-state index contributed by atoms with van der Waals surface area (Å²) in [5.41, 5.74) is 0.498. The van der Waals surface area contributed by atoms with Gasteiger partial charge in [0, 0.05) is 25.1 Å². The summed E-state index contributed by atoms with van der Waals surface area (Å²) in [5, 5.41) is 5.48. The molecule has 0 spiro atoms. The fourth-order valence-electron chi connectivity index (χ4n) is 2.13. The first-order valence-corrected chi connectivity index (χ1v) is 7.57. The van der Waals surface area contributed by atoms with Crippen LogP contribution in [0.25, 0.3) is 0 Å². The monoisotopic (exact) mass is 322 g/mol. The Morgan fingerprint density at radius 1 is 1.30 bits per heavy atom. The molecular weight excluding hydrogens is 300 g/mol. The maximum absolute atomic E-state index is 12.0. The normalized spacial score (nSPS) is 17.3. The van der Waals surface area contributed by atoms with Crippen LogP contribution in [0.5, 0.6) is 5.75 Å². The Balaban J connectivity index is 1.65. The van der Waals surface area contributed by atoms with Crippen molar-refractivity contribution in [1.29, 1.82) is 0 Å². The molecule has 2 rings (SSSR count). The molecule has 126 valence electrons. The van der Waals surface area contributed by atoms with Crippen LogP contribution in [0.15, 0.2) is 24.3 Å². The average Bonchev–Trinajstić information content (AvgIpc) is 2.60. The first kappa shape index (κ1) is 17.2. The smallest absolute Gasteiger partial charge is 0.251 e. The van der Waals surface area contributed by atoms with E-state index in [0.717, 1.165) is 0 Å². The molecule has 0 bridgehead atoms. The summed E-state index contributed by atoms with van der Waals surface area (Å²) in [4.78, 5) is 23.7. The summed E-state index contributed by atoms with van der Waals surface area (Å²) >= 11 is 0. The van der Waals surface area contributed by atoms with E-state index in [1.165, 1.54) is 0 Å². The Hall–Kier alpha value is -2.12. The fourth-order valence-corrected chi connectivity index (χ4v) is 2.13. The third kappa shape index (κ3) is 5.88. The molecule has 1 aromatic rings. The van der Waals surface area contributed by atoms with Crippen molar-refractivity contribution < 1.29 is 23.8 Å². The molecule has 0 saturated carbocycles. The largest absolute Gasteiger partial charge is 0.497 e. The molecule has 2 N–H and O–H groups in total. The van der Waals surface area contributed by atoms with Crippen LogP contribution in [0.3, 0.4) is 0 Å². The van der Waals surface area contributed by atoms with Gasteiger partial charge in [-0.1, -0.05) is 6.07 Å². The summed E-state index contributed by atoms with van der Waals surface area (Å²) in [7, 11) is 1.54. The van der Waals surface area contributed by atoms with E-state index >= 15 is 0 Å². The van der Waals surface area contributed by atoms with E-state index in [-0.39, 0.29) is 30.9 Å². The molecule has 0 aliphatic carbocycles. The molecule has 1 aliphatic rings. The van der Waals surface area contributed by atoms with Crippen molar-refractivity contribution >= 4 is 11.8 Å². The number of amides is 2. The zero-order valence-electron chi connectivity index (χ0n) is 13.2. The van der Waals surface area contributed by atoms with Gasteiger partial charge < -0.3 is 24.8 Å². The minimum atomic E-state index is -0.235. The number of carbonyl (C=O) groups is 2. The first-order valence-electron chi connectivity index (χ1n) is 7.57. The molecule has 1 aliphatic heterocycles. The summed E-state index contributed by atoms with van der Waals surface area (Å²) in [6.45, 7) is 2.33. The van der Waals surface area contributed by atoms with Crippen LogP contribution in [-0.4, -0.2) is 57.9 Å². The maximum atomic E-state index is 12.0. The van der Waals surface area contributed by atoms with Gasteiger partial charge in [-0.05, 0) is 18.2 Å². The van der Waals surface area contributed by atoms with E-state index in [4.69, 9.17) is 14.2 Å². The molecule has 1 atom stereocenters. The number of carbonyl (C=O) groups excluding carboxylic acids is 2. The number of ether oxygens (including phenoxy) is 3. The third-order valence-electron chi connectivity index (χ3n) is 3.38. The Bertz CT molecular complexity index is 529. The number of methoxy groups -OCH3 is 1.